The molecule has 1 atom stereocenters. The Morgan fingerprint density at radius 3 is 2.67 bits per heavy atom. The molecule has 2 heterocycles. The zero-order valence-corrected chi connectivity index (χ0v) is 13.2. The lowest BCUT2D eigenvalue weighted by molar-refractivity contribution is 0.0711. The van der Waals surface area contributed by atoms with Crippen molar-refractivity contribution in [1.29, 1.82) is 5.26 Å². The number of hydrogen-bond acceptors (Lipinski definition) is 4. The number of Topliss-reactive ketones (excluding diaryl/α,β-unsaturated/α-hetero) is 1. The lowest BCUT2D eigenvalue weighted by Gasteiger charge is -2.24. The van der Waals surface area contributed by atoms with Crippen molar-refractivity contribution in [3.8, 4) is 6.07 Å². The predicted octanol–water partition coefficient (Wildman–Crippen LogP) is 2.83. The summed E-state index contributed by atoms with van der Waals surface area (Å²) in [6, 6.07) is 14.2. The van der Waals surface area contributed by atoms with E-state index in [0.717, 1.165) is 12.8 Å². The quantitative estimate of drug-likeness (QED) is 0.812. The van der Waals surface area contributed by atoms with Gasteiger partial charge in [-0.2, -0.15) is 5.26 Å². The van der Waals surface area contributed by atoms with E-state index in [1.54, 1.807) is 29.2 Å². The topological polar surface area (TPSA) is 74.1 Å². The molecular formula is C19H17N3O2. The Kier molecular flexibility index (Phi) is 4.66. The fourth-order valence-corrected chi connectivity index (χ4v) is 3.00. The Morgan fingerprint density at radius 2 is 2.00 bits per heavy atom. The zero-order chi connectivity index (χ0) is 16.9. The van der Waals surface area contributed by atoms with Gasteiger partial charge in [0.15, 0.2) is 5.78 Å². The van der Waals surface area contributed by atoms with Crippen molar-refractivity contribution in [1.82, 2.24) is 9.88 Å². The fraction of sp³-hybridized carbons (Fsp3) is 0.263. The molecule has 1 aromatic heterocycles. The number of hydrogen-bond donors (Lipinski definition) is 0. The maximum Gasteiger partial charge on any atom is 0.272 e. The molecule has 1 saturated heterocycles. The fourth-order valence-electron chi connectivity index (χ4n) is 3.00. The van der Waals surface area contributed by atoms with Gasteiger partial charge in [-0.1, -0.05) is 30.3 Å². The summed E-state index contributed by atoms with van der Waals surface area (Å²) in [5, 5.41) is 8.81. The molecule has 5 nitrogen and oxygen atoms in total. The van der Waals surface area contributed by atoms with Crippen LogP contribution in [-0.2, 0) is 0 Å². The molecule has 1 amide bonds. The summed E-state index contributed by atoms with van der Waals surface area (Å²) in [7, 11) is 0. The third kappa shape index (κ3) is 3.33. The number of ketones is 1. The SMILES string of the molecule is N#Cc1ccc(C(=O)N2CCCC2CC(=O)c2ccccc2)nc1. The molecule has 24 heavy (non-hydrogen) atoms. The van der Waals surface area contributed by atoms with Crippen LogP contribution in [0.5, 0.6) is 0 Å². The van der Waals surface area contributed by atoms with E-state index < -0.39 is 0 Å². The summed E-state index contributed by atoms with van der Waals surface area (Å²) in [6.07, 6.45) is 3.43. The average molecular weight is 319 g/mol. The third-order valence-electron chi connectivity index (χ3n) is 4.27. The van der Waals surface area contributed by atoms with Gasteiger partial charge in [-0.15, -0.1) is 0 Å². The summed E-state index contributed by atoms with van der Waals surface area (Å²) < 4.78 is 0. The normalized spacial score (nSPS) is 16.6. The highest BCUT2D eigenvalue weighted by Gasteiger charge is 2.31. The second kappa shape index (κ2) is 7.05. The van der Waals surface area contributed by atoms with Crippen LogP contribution in [0.4, 0.5) is 0 Å². The van der Waals surface area contributed by atoms with Crippen molar-refractivity contribution >= 4 is 11.7 Å². The largest absolute Gasteiger partial charge is 0.334 e. The molecule has 0 bridgehead atoms. The van der Waals surface area contributed by atoms with Gasteiger partial charge in [-0.25, -0.2) is 4.98 Å². The van der Waals surface area contributed by atoms with Crippen LogP contribution < -0.4 is 0 Å². The zero-order valence-electron chi connectivity index (χ0n) is 13.2. The standard InChI is InChI=1S/C19H17N3O2/c20-12-14-8-9-17(21-13-14)19(24)22-10-4-7-16(22)11-18(23)15-5-2-1-3-6-15/h1-3,5-6,8-9,13,16H,4,7,10-11H2. The first kappa shape index (κ1) is 15.9. The summed E-state index contributed by atoms with van der Waals surface area (Å²) in [5.41, 5.74) is 1.41. The Morgan fingerprint density at radius 1 is 1.21 bits per heavy atom. The molecule has 1 aromatic carbocycles. The number of aromatic nitrogens is 1. The molecular weight excluding hydrogens is 302 g/mol. The minimum absolute atomic E-state index is 0.0492. The van der Waals surface area contributed by atoms with Crippen molar-refractivity contribution < 1.29 is 9.59 Å². The average Bonchev–Trinajstić information content (AvgIpc) is 3.10. The summed E-state index contributed by atoms with van der Waals surface area (Å²) >= 11 is 0. The van der Waals surface area contributed by atoms with E-state index in [1.807, 2.05) is 24.3 Å². The van der Waals surface area contributed by atoms with Gasteiger partial charge < -0.3 is 4.90 Å². The second-order valence-corrected chi connectivity index (χ2v) is 5.83. The van der Waals surface area contributed by atoms with E-state index >= 15 is 0 Å². The van der Waals surface area contributed by atoms with Crippen LogP contribution >= 0.6 is 0 Å². The van der Waals surface area contributed by atoms with Crippen LogP contribution in [0.3, 0.4) is 0 Å². The predicted molar refractivity (Wildman–Crippen MR) is 88.4 cm³/mol. The minimum atomic E-state index is -0.178. The third-order valence-corrected chi connectivity index (χ3v) is 4.27. The molecule has 1 aliphatic rings. The highest BCUT2D eigenvalue weighted by molar-refractivity contribution is 5.97. The molecule has 0 spiro atoms. The lowest BCUT2D eigenvalue weighted by Crippen LogP contribution is -2.37. The molecule has 0 radical (unpaired) electrons. The highest BCUT2D eigenvalue weighted by atomic mass is 16.2. The smallest absolute Gasteiger partial charge is 0.272 e. The molecule has 0 aliphatic carbocycles. The number of nitrogens with zero attached hydrogens (tertiary/aromatic N) is 3. The van der Waals surface area contributed by atoms with Crippen LogP contribution in [0, 0.1) is 11.3 Å². The first-order valence-corrected chi connectivity index (χ1v) is 7.94. The highest BCUT2D eigenvalue weighted by Crippen LogP contribution is 2.23. The number of carbonyl (C=O) groups excluding carboxylic acids is 2. The molecule has 3 rings (SSSR count). The van der Waals surface area contributed by atoms with Crippen LogP contribution in [0.25, 0.3) is 0 Å². The Bertz CT molecular complexity index is 779. The van der Waals surface area contributed by atoms with Gasteiger partial charge in [0.25, 0.3) is 5.91 Å². The van der Waals surface area contributed by atoms with Crippen LogP contribution in [0.15, 0.2) is 48.7 Å². The first-order valence-electron chi connectivity index (χ1n) is 7.94. The Hall–Kier alpha value is -3.00. The van der Waals surface area contributed by atoms with Gasteiger partial charge in [-0.3, -0.25) is 9.59 Å². The van der Waals surface area contributed by atoms with Crippen LogP contribution in [-0.4, -0.2) is 34.2 Å². The molecule has 1 aliphatic heterocycles. The number of rotatable bonds is 4. The summed E-state index contributed by atoms with van der Waals surface area (Å²) in [6.45, 7) is 0.632. The second-order valence-electron chi connectivity index (χ2n) is 5.83. The van der Waals surface area contributed by atoms with Gasteiger partial charge in [0.05, 0.1) is 5.56 Å². The maximum absolute atomic E-state index is 12.6. The number of carbonyl (C=O) groups is 2. The number of benzene rings is 1. The molecule has 1 unspecified atom stereocenters. The van der Waals surface area contributed by atoms with E-state index in [2.05, 4.69) is 4.98 Å². The molecule has 2 aromatic rings. The van der Waals surface area contributed by atoms with Crippen molar-refractivity contribution in [3.05, 3.63) is 65.5 Å². The first-order chi connectivity index (χ1) is 11.7. The maximum atomic E-state index is 12.6. The molecule has 0 saturated carbocycles. The van der Waals surface area contributed by atoms with E-state index in [9.17, 15) is 9.59 Å². The number of nitriles is 1. The number of amides is 1. The Balaban J connectivity index is 1.71. The van der Waals surface area contributed by atoms with E-state index in [4.69, 9.17) is 5.26 Å². The van der Waals surface area contributed by atoms with E-state index in [-0.39, 0.29) is 17.7 Å². The van der Waals surface area contributed by atoms with Crippen molar-refractivity contribution in [2.45, 2.75) is 25.3 Å². The monoisotopic (exact) mass is 319 g/mol. The van der Waals surface area contributed by atoms with E-state index in [1.165, 1.54) is 6.20 Å². The van der Waals surface area contributed by atoms with Crippen molar-refractivity contribution in [3.63, 3.8) is 0 Å². The van der Waals surface area contributed by atoms with Gasteiger partial charge in [-0.05, 0) is 25.0 Å². The van der Waals surface area contributed by atoms with E-state index in [0.29, 0.717) is 29.8 Å². The number of likely N-dealkylation sites (tertiary alicyclic amines) is 1. The van der Waals surface area contributed by atoms with Crippen LogP contribution in [0.1, 0.15) is 45.7 Å². The van der Waals surface area contributed by atoms with Crippen molar-refractivity contribution in [2.24, 2.45) is 0 Å². The van der Waals surface area contributed by atoms with Gasteiger partial charge in [0.1, 0.15) is 11.8 Å². The molecule has 120 valence electrons. The van der Waals surface area contributed by atoms with Gasteiger partial charge >= 0.3 is 0 Å². The van der Waals surface area contributed by atoms with Crippen LogP contribution in [0.2, 0.25) is 0 Å². The lowest BCUT2D eigenvalue weighted by atomic mass is 10.0. The molecule has 5 heteroatoms. The van der Waals surface area contributed by atoms with Crippen molar-refractivity contribution in [2.75, 3.05) is 6.54 Å². The van der Waals surface area contributed by atoms with Gasteiger partial charge in [0.2, 0.25) is 0 Å². The summed E-state index contributed by atoms with van der Waals surface area (Å²) in [5.74, 6) is -0.129. The minimum Gasteiger partial charge on any atom is -0.334 e. The summed E-state index contributed by atoms with van der Waals surface area (Å²) in [4.78, 5) is 30.8. The Labute approximate surface area is 140 Å². The molecule has 1 fully saturated rings. The number of pyridine rings is 1. The van der Waals surface area contributed by atoms with Gasteiger partial charge in [0, 0.05) is 30.8 Å². The molecule has 0 N–H and O–H groups in total.